The van der Waals surface area contributed by atoms with Crippen LogP contribution < -0.4 is 4.98 Å². The van der Waals surface area contributed by atoms with Crippen molar-refractivity contribution in [2.45, 2.75) is 37.6 Å². The maximum absolute atomic E-state index is 3.44. The van der Waals surface area contributed by atoms with Crippen LogP contribution in [0.5, 0.6) is 0 Å². The molecule has 0 saturated heterocycles. The van der Waals surface area contributed by atoms with E-state index in [2.05, 4.69) is 73.2 Å². The third-order valence-corrected chi connectivity index (χ3v) is 4.67. The normalized spacial score (nSPS) is 11.4. The zero-order valence-corrected chi connectivity index (χ0v) is 13.6. The fraction of sp³-hybridized carbons (Fsp3) is 0.278. The van der Waals surface area contributed by atoms with Crippen molar-refractivity contribution in [2.75, 3.05) is 0 Å². The molecule has 0 atom stereocenters. The SMILES string of the molecule is Cc1ccc2[nH+]c(SCc3ccc(C(C)C)cc3)[nH]c2c1. The standard InChI is InChI=1S/C18H20N2S/c1-12(2)15-7-5-14(6-8-15)11-21-18-19-16-9-4-13(3)10-17(16)20-18/h4-10,12H,11H2,1-3H3,(H,19,20)/p+1. The van der Waals surface area contributed by atoms with Crippen molar-refractivity contribution in [1.82, 2.24) is 4.98 Å². The highest BCUT2D eigenvalue weighted by atomic mass is 32.2. The maximum Gasteiger partial charge on any atom is 0.314 e. The number of fused-ring (bicyclic) bond motifs is 1. The average molecular weight is 297 g/mol. The zero-order chi connectivity index (χ0) is 14.8. The lowest BCUT2D eigenvalue weighted by atomic mass is 10.0. The van der Waals surface area contributed by atoms with Crippen molar-refractivity contribution in [2.24, 2.45) is 0 Å². The number of H-pyrrole nitrogens is 2. The van der Waals surface area contributed by atoms with E-state index < -0.39 is 0 Å². The molecule has 1 aromatic heterocycles. The first kappa shape index (κ1) is 14.2. The summed E-state index contributed by atoms with van der Waals surface area (Å²) in [4.78, 5) is 6.87. The smallest absolute Gasteiger partial charge is 0.231 e. The lowest BCUT2D eigenvalue weighted by Gasteiger charge is -2.05. The molecule has 0 saturated carbocycles. The van der Waals surface area contributed by atoms with E-state index in [1.54, 1.807) is 0 Å². The van der Waals surface area contributed by atoms with Crippen LogP contribution in [0.3, 0.4) is 0 Å². The second-order valence-electron chi connectivity index (χ2n) is 5.81. The fourth-order valence-corrected chi connectivity index (χ4v) is 3.24. The number of aromatic amines is 2. The number of imidazole rings is 1. The number of aromatic nitrogens is 2. The number of nitrogens with one attached hydrogen (secondary N) is 2. The van der Waals surface area contributed by atoms with Crippen LogP contribution in [0.1, 0.15) is 36.5 Å². The predicted octanol–water partition coefficient (Wildman–Crippen LogP) is 4.71. The van der Waals surface area contributed by atoms with Gasteiger partial charge in [0.15, 0.2) is 11.0 Å². The summed E-state index contributed by atoms with van der Waals surface area (Å²) < 4.78 is 0. The van der Waals surface area contributed by atoms with E-state index in [0.717, 1.165) is 10.9 Å². The van der Waals surface area contributed by atoms with Crippen molar-refractivity contribution in [3.63, 3.8) is 0 Å². The van der Waals surface area contributed by atoms with E-state index >= 15 is 0 Å². The molecule has 3 rings (SSSR count). The molecular formula is C18H21N2S+. The Morgan fingerprint density at radius 3 is 2.57 bits per heavy atom. The molecule has 0 spiro atoms. The average Bonchev–Trinajstić information content (AvgIpc) is 2.87. The first-order valence-corrected chi connectivity index (χ1v) is 8.33. The quantitative estimate of drug-likeness (QED) is 0.695. The van der Waals surface area contributed by atoms with E-state index in [0.29, 0.717) is 5.92 Å². The van der Waals surface area contributed by atoms with Crippen molar-refractivity contribution in [3.05, 3.63) is 59.2 Å². The first-order chi connectivity index (χ1) is 10.1. The van der Waals surface area contributed by atoms with Gasteiger partial charge in [-0.05, 0) is 53.4 Å². The molecule has 0 aliphatic heterocycles. The fourth-order valence-electron chi connectivity index (χ4n) is 2.37. The molecule has 1 heterocycles. The summed E-state index contributed by atoms with van der Waals surface area (Å²) >= 11 is 1.81. The molecule has 0 bridgehead atoms. The van der Waals surface area contributed by atoms with E-state index in [4.69, 9.17) is 0 Å². The number of hydrogen-bond donors (Lipinski definition) is 1. The van der Waals surface area contributed by atoms with Crippen LogP contribution in [0, 0.1) is 6.92 Å². The van der Waals surface area contributed by atoms with E-state index in [1.165, 1.54) is 27.7 Å². The predicted molar refractivity (Wildman–Crippen MR) is 89.7 cm³/mol. The van der Waals surface area contributed by atoms with Crippen molar-refractivity contribution < 1.29 is 4.98 Å². The molecule has 0 aliphatic carbocycles. The largest absolute Gasteiger partial charge is 0.314 e. The van der Waals surface area contributed by atoms with Gasteiger partial charge in [0, 0.05) is 5.75 Å². The Balaban J connectivity index is 1.71. The molecule has 2 aromatic carbocycles. The highest BCUT2D eigenvalue weighted by Gasteiger charge is 2.10. The van der Waals surface area contributed by atoms with Gasteiger partial charge in [0.05, 0.1) is 0 Å². The molecular weight excluding hydrogens is 276 g/mol. The second-order valence-corrected chi connectivity index (χ2v) is 6.80. The minimum Gasteiger partial charge on any atom is -0.231 e. The Morgan fingerprint density at radius 1 is 1.10 bits per heavy atom. The van der Waals surface area contributed by atoms with Crippen LogP contribution in [0.2, 0.25) is 0 Å². The van der Waals surface area contributed by atoms with Gasteiger partial charge in [-0.3, -0.25) is 0 Å². The molecule has 3 heteroatoms. The molecule has 108 valence electrons. The summed E-state index contributed by atoms with van der Waals surface area (Å²) in [6, 6.07) is 15.4. The Bertz CT molecular complexity index is 742. The van der Waals surface area contributed by atoms with Gasteiger partial charge in [-0.15, -0.1) is 0 Å². The van der Waals surface area contributed by atoms with Crippen LogP contribution in [0.15, 0.2) is 47.6 Å². The van der Waals surface area contributed by atoms with E-state index in [-0.39, 0.29) is 0 Å². The van der Waals surface area contributed by atoms with Gasteiger partial charge in [0.2, 0.25) is 0 Å². The molecule has 0 fully saturated rings. The minimum atomic E-state index is 0.594. The summed E-state index contributed by atoms with van der Waals surface area (Å²) in [5, 5.41) is 1.11. The molecule has 2 nitrogen and oxygen atoms in total. The van der Waals surface area contributed by atoms with Gasteiger partial charge in [-0.2, -0.15) is 0 Å². The number of rotatable bonds is 4. The Labute approximate surface area is 130 Å². The Morgan fingerprint density at radius 2 is 1.86 bits per heavy atom. The van der Waals surface area contributed by atoms with Crippen LogP contribution >= 0.6 is 11.8 Å². The lowest BCUT2D eigenvalue weighted by molar-refractivity contribution is -0.396. The topological polar surface area (TPSA) is 29.9 Å². The van der Waals surface area contributed by atoms with Gasteiger partial charge in [-0.25, -0.2) is 9.97 Å². The van der Waals surface area contributed by atoms with Gasteiger partial charge < -0.3 is 0 Å². The van der Waals surface area contributed by atoms with Crippen LogP contribution in [-0.2, 0) is 5.75 Å². The summed E-state index contributed by atoms with van der Waals surface area (Å²) in [7, 11) is 0. The monoisotopic (exact) mass is 297 g/mol. The van der Waals surface area contributed by atoms with Crippen LogP contribution in [0.25, 0.3) is 11.0 Å². The minimum absolute atomic E-state index is 0.594. The molecule has 2 N–H and O–H groups in total. The Kier molecular flexibility index (Phi) is 4.02. The van der Waals surface area contributed by atoms with Crippen molar-refractivity contribution >= 4 is 22.8 Å². The molecule has 21 heavy (non-hydrogen) atoms. The summed E-state index contributed by atoms with van der Waals surface area (Å²) in [6.45, 7) is 6.57. The van der Waals surface area contributed by atoms with Crippen LogP contribution in [-0.4, -0.2) is 4.98 Å². The van der Waals surface area contributed by atoms with Gasteiger partial charge in [-0.1, -0.05) is 44.2 Å². The van der Waals surface area contributed by atoms with Gasteiger partial charge in [0.1, 0.15) is 0 Å². The maximum atomic E-state index is 3.44. The number of benzene rings is 2. The van der Waals surface area contributed by atoms with E-state index in [9.17, 15) is 0 Å². The highest BCUT2D eigenvalue weighted by molar-refractivity contribution is 7.98. The van der Waals surface area contributed by atoms with Crippen LogP contribution in [0.4, 0.5) is 0 Å². The second kappa shape index (κ2) is 5.94. The third-order valence-electron chi connectivity index (χ3n) is 3.70. The highest BCUT2D eigenvalue weighted by Crippen LogP contribution is 2.22. The molecule has 0 amide bonds. The lowest BCUT2D eigenvalue weighted by Crippen LogP contribution is -2.01. The summed E-state index contributed by atoms with van der Waals surface area (Å²) in [6.07, 6.45) is 0. The Hall–Kier alpha value is -1.74. The van der Waals surface area contributed by atoms with Gasteiger partial charge >= 0.3 is 5.16 Å². The molecule has 0 aliphatic rings. The number of thioether (sulfide) groups is 1. The molecule has 3 aromatic rings. The summed E-state index contributed by atoms with van der Waals surface area (Å²) in [5.41, 5.74) is 6.37. The van der Waals surface area contributed by atoms with Crippen molar-refractivity contribution in [1.29, 1.82) is 0 Å². The number of hydrogen-bond acceptors (Lipinski definition) is 1. The summed E-state index contributed by atoms with van der Waals surface area (Å²) in [5.74, 6) is 1.57. The first-order valence-electron chi connectivity index (χ1n) is 7.35. The third kappa shape index (κ3) is 3.30. The zero-order valence-electron chi connectivity index (χ0n) is 12.7. The molecule has 0 unspecified atom stereocenters. The van der Waals surface area contributed by atoms with Gasteiger partial charge in [0.25, 0.3) is 0 Å². The molecule has 0 radical (unpaired) electrons. The number of aryl methyl sites for hydroxylation is 1. The van der Waals surface area contributed by atoms with Crippen molar-refractivity contribution in [3.8, 4) is 0 Å². The van der Waals surface area contributed by atoms with E-state index in [1.807, 2.05) is 11.8 Å².